The molecular formula is C14H17N5O. The fraction of sp³-hybridized carbons (Fsp3) is 0.357. The fourth-order valence-electron chi connectivity index (χ4n) is 2.63. The van der Waals surface area contributed by atoms with Crippen LogP contribution in [0, 0.1) is 0 Å². The molecule has 0 atom stereocenters. The van der Waals surface area contributed by atoms with Crippen LogP contribution in [0.25, 0.3) is 11.4 Å². The summed E-state index contributed by atoms with van der Waals surface area (Å²) in [6, 6.07) is 5.85. The molecule has 0 radical (unpaired) electrons. The van der Waals surface area contributed by atoms with Crippen molar-refractivity contribution in [2.24, 2.45) is 5.73 Å². The maximum atomic E-state index is 12.3. The summed E-state index contributed by atoms with van der Waals surface area (Å²) in [6.45, 7) is 4.19. The maximum absolute atomic E-state index is 12.3. The van der Waals surface area contributed by atoms with Crippen LogP contribution >= 0.6 is 0 Å². The van der Waals surface area contributed by atoms with Crippen LogP contribution in [0.1, 0.15) is 25.2 Å². The molecule has 0 bridgehead atoms. The van der Waals surface area contributed by atoms with E-state index in [0.717, 1.165) is 16.8 Å². The average Bonchev–Trinajstić information content (AvgIpc) is 2.99. The van der Waals surface area contributed by atoms with Crippen molar-refractivity contribution in [1.82, 2.24) is 15.2 Å². The van der Waals surface area contributed by atoms with Gasteiger partial charge in [-0.2, -0.15) is 5.10 Å². The smallest absolute Gasteiger partial charge is 0.236 e. The Morgan fingerprint density at radius 1 is 1.40 bits per heavy atom. The number of amides is 1. The number of carbonyl (C=O) groups excluding carboxylic acids is 1. The average molecular weight is 271 g/mol. The zero-order valence-corrected chi connectivity index (χ0v) is 11.8. The van der Waals surface area contributed by atoms with Gasteiger partial charge in [-0.3, -0.25) is 9.89 Å². The first-order chi connectivity index (χ1) is 9.45. The molecule has 20 heavy (non-hydrogen) atoms. The predicted molar refractivity (Wildman–Crippen MR) is 76.1 cm³/mol. The number of likely N-dealkylation sites (N-methyl/N-ethyl adjacent to an activating group) is 1. The Bertz CT molecular complexity index is 689. The molecule has 0 unspecified atom stereocenters. The second kappa shape index (κ2) is 4.14. The molecule has 104 valence electrons. The van der Waals surface area contributed by atoms with Gasteiger partial charge in [-0.05, 0) is 37.6 Å². The second-order valence-electron chi connectivity index (χ2n) is 5.53. The van der Waals surface area contributed by atoms with Crippen molar-refractivity contribution in [1.29, 1.82) is 0 Å². The predicted octanol–water partition coefficient (Wildman–Crippen LogP) is 1.18. The lowest BCUT2D eigenvalue weighted by molar-refractivity contribution is -0.121. The Morgan fingerprint density at radius 2 is 2.15 bits per heavy atom. The molecule has 0 saturated heterocycles. The fourth-order valence-corrected chi connectivity index (χ4v) is 2.63. The van der Waals surface area contributed by atoms with Gasteiger partial charge in [0.05, 0.1) is 12.0 Å². The van der Waals surface area contributed by atoms with Crippen molar-refractivity contribution in [3.63, 3.8) is 0 Å². The zero-order chi connectivity index (χ0) is 14.5. The topological polar surface area (TPSA) is 87.9 Å². The number of aromatic nitrogens is 3. The first kappa shape index (κ1) is 12.8. The molecular weight excluding hydrogens is 254 g/mol. The molecule has 2 heterocycles. The molecule has 1 amide bonds. The van der Waals surface area contributed by atoms with Gasteiger partial charge in [-0.15, -0.1) is 0 Å². The standard InChI is InChI=1S/C14H17N5O/c1-14(2)9-6-8(12-16-11(7-15)17-18-12)4-5-10(9)19(3)13(14)20/h4-6H,7,15H2,1-3H3,(H,16,17,18). The van der Waals surface area contributed by atoms with E-state index in [2.05, 4.69) is 15.2 Å². The monoisotopic (exact) mass is 271 g/mol. The van der Waals surface area contributed by atoms with Gasteiger partial charge < -0.3 is 10.6 Å². The summed E-state index contributed by atoms with van der Waals surface area (Å²) in [4.78, 5) is 18.3. The number of hydrogen-bond donors (Lipinski definition) is 2. The first-order valence-corrected chi connectivity index (χ1v) is 6.49. The van der Waals surface area contributed by atoms with Crippen LogP contribution in [-0.4, -0.2) is 28.1 Å². The summed E-state index contributed by atoms with van der Waals surface area (Å²) in [5.41, 5.74) is 7.83. The number of H-pyrrole nitrogens is 1. The normalized spacial score (nSPS) is 16.6. The summed E-state index contributed by atoms with van der Waals surface area (Å²) in [5.74, 6) is 1.35. The number of carbonyl (C=O) groups is 1. The van der Waals surface area contributed by atoms with E-state index in [4.69, 9.17) is 5.73 Å². The molecule has 0 spiro atoms. The number of fused-ring (bicyclic) bond motifs is 1. The van der Waals surface area contributed by atoms with Crippen LogP contribution < -0.4 is 10.6 Å². The molecule has 1 aliphatic rings. The van der Waals surface area contributed by atoms with E-state index in [1.807, 2.05) is 32.0 Å². The van der Waals surface area contributed by atoms with Crippen molar-refractivity contribution >= 4 is 11.6 Å². The molecule has 0 saturated carbocycles. The third-order valence-electron chi connectivity index (χ3n) is 3.85. The number of benzene rings is 1. The van der Waals surface area contributed by atoms with Gasteiger partial charge in [0.25, 0.3) is 0 Å². The summed E-state index contributed by atoms with van der Waals surface area (Å²) < 4.78 is 0. The van der Waals surface area contributed by atoms with E-state index in [1.165, 1.54) is 0 Å². The van der Waals surface area contributed by atoms with E-state index in [0.29, 0.717) is 18.2 Å². The summed E-state index contributed by atoms with van der Waals surface area (Å²) in [6.07, 6.45) is 0. The van der Waals surface area contributed by atoms with Crippen LogP contribution in [-0.2, 0) is 16.8 Å². The molecule has 1 aromatic carbocycles. The Morgan fingerprint density at radius 3 is 2.80 bits per heavy atom. The SMILES string of the molecule is CN1C(=O)C(C)(C)c2cc(-c3n[nH]c(CN)n3)ccc21. The molecule has 1 aromatic heterocycles. The van der Waals surface area contributed by atoms with Gasteiger partial charge in [0, 0.05) is 18.3 Å². The van der Waals surface area contributed by atoms with E-state index in [-0.39, 0.29) is 5.91 Å². The zero-order valence-electron chi connectivity index (χ0n) is 11.8. The quantitative estimate of drug-likeness (QED) is 0.858. The lowest BCUT2D eigenvalue weighted by Gasteiger charge is -2.16. The van der Waals surface area contributed by atoms with Gasteiger partial charge in [-0.25, -0.2) is 4.98 Å². The minimum atomic E-state index is -0.521. The number of rotatable bonds is 2. The lowest BCUT2D eigenvalue weighted by atomic mass is 9.85. The highest BCUT2D eigenvalue weighted by atomic mass is 16.2. The number of nitrogens with zero attached hydrogens (tertiary/aromatic N) is 3. The van der Waals surface area contributed by atoms with Crippen LogP contribution in [0.3, 0.4) is 0 Å². The van der Waals surface area contributed by atoms with Crippen LogP contribution in [0.4, 0.5) is 5.69 Å². The minimum absolute atomic E-state index is 0.0993. The van der Waals surface area contributed by atoms with Gasteiger partial charge in [-0.1, -0.05) is 0 Å². The molecule has 6 heteroatoms. The Balaban J connectivity index is 2.11. The number of nitrogens with two attached hydrogens (primary N) is 1. The summed E-state index contributed by atoms with van der Waals surface area (Å²) in [7, 11) is 1.80. The van der Waals surface area contributed by atoms with Crippen molar-refractivity contribution in [3.05, 3.63) is 29.6 Å². The van der Waals surface area contributed by atoms with Crippen molar-refractivity contribution in [2.45, 2.75) is 25.8 Å². The Hall–Kier alpha value is -2.21. The summed E-state index contributed by atoms with van der Waals surface area (Å²) >= 11 is 0. The van der Waals surface area contributed by atoms with Gasteiger partial charge in [0.1, 0.15) is 5.82 Å². The van der Waals surface area contributed by atoms with E-state index in [9.17, 15) is 4.79 Å². The van der Waals surface area contributed by atoms with Crippen molar-refractivity contribution < 1.29 is 4.79 Å². The Kier molecular flexibility index (Phi) is 2.65. The molecule has 0 aliphatic carbocycles. The van der Waals surface area contributed by atoms with Gasteiger partial charge >= 0.3 is 0 Å². The first-order valence-electron chi connectivity index (χ1n) is 6.49. The molecule has 0 fully saturated rings. The molecule has 3 rings (SSSR count). The summed E-state index contributed by atoms with van der Waals surface area (Å²) in [5, 5.41) is 6.95. The van der Waals surface area contributed by atoms with Crippen molar-refractivity contribution in [3.8, 4) is 11.4 Å². The van der Waals surface area contributed by atoms with Crippen LogP contribution in [0.5, 0.6) is 0 Å². The number of hydrogen-bond acceptors (Lipinski definition) is 4. The van der Waals surface area contributed by atoms with Crippen LogP contribution in [0.15, 0.2) is 18.2 Å². The van der Waals surface area contributed by atoms with E-state index >= 15 is 0 Å². The minimum Gasteiger partial charge on any atom is -0.324 e. The Labute approximate surface area is 117 Å². The third kappa shape index (κ3) is 1.65. The molecule has 2 aromatic rings. The van der Waals surface area contributed by atoms with Gasteiger partial charge in [0.2, 0.25) is 5.91 Å². The third-order valence-corrected chi connectivity index (χ3v) is 3.85. The number of nitrogens with one attached hydrogen (secondary N) is 1. The highest BCUT2D eigenvalue weighted by Gasteiger charge is 2.42. The van der Waals surface area contributed by atoms with Crippen molar-refractivity contribution in [2.75, 3.05) is 11.9 Å². The maximum Gasteiger partial charge on any atom is 0.236 e. The van der Waals surface area contributed by atoms with Gasteiger partial charge in [0.15, 0.2) is 5.82 Å². The highest BCUT2D eigenvalue weighted by Crippen LogP contribution is 2.42. The van der Waals surface area contributed by atoms with Crippen LogP contribution in [0.2, 0.25) is 0 Å². The molecule has 1 aliphatic heterocycles. The van der Waals surface area contributed by atoms with E-state index in [1.54, 1.807) is 11.9 Å². The molecule has 3 N–H and O–H groups in total. The lowest BCUT2D eigenvalue weighted by Crippen LogP contribution is -2.33. The second-order valence-corrected chi connectivity index (χ2v) is 5.53. The largest absolute Gasteiger partial charge is 0.324 e. The molecule has 6 nitrogen and oxygen atoms in total. The number of anilines is 1. The highest BCUT2D eigenvalue weighted by molar-refractivity contribution is 6.07. The van der Waals surface area contributed by atoms with E-state index < -0.39 is 5.41 Å². The number of aromatic amines is 1.